The molecule has 0 amide bonds. The third-order valence-corrected chi connectivity index (χ3v) is 2.32. The molecule has 3 rings (SSSR count). The Kier molecular flexibility index (Phi) is 6.23. The van der Waals surface area contributed by atoms with Crippen molar-refractivity contribution in [3.63, 3.8) is 0 Å². The Morgan fingerprint density at radius 2 is 2.15 bits per heavy atom. The number of aromatic amines is 1. The van der Waals surface area contributed by atoms with E-state index in [0.29, 0.717) is 22.5 Å². The van der Waals surface area contributed by atoms with E-state index in [1.54, 1.807) is 24.5 Å². The quantitative estimate of drug-likeness (QED) is 0.407. The van der Waals surface area contributed by atoms with Crippen LogP contribution in [0.2, 0.25) is 0 Å². The molecule has 0 aliphatic carbocycles. The van der Waals surface area contributed by atoms with Crippen LogP contribution < -0.4 is 35.3 Å². The third-order valence-electron chi connectivity index (χ3n) is 2.32. The van der Waals surface area contributed by atoms with Gasteiger partial charge in [0.25, 0.3) is 0 Å². The SMILES string of the molecule is CC(=O)c1cccnc1.Nc1ncnc2nc[nH]c12.[H-].[Na+]. The maximum absolute atomic E-state index is 10.6. The van der Waals surface area contributed by atoms with Crippen LogP contribution in [0.5, 0.6) is 0 Å². The van der Waals surface area contributed by atoms with E-state index in [9.17, 15) is 4.79 Å². The van der Waals surface area contributed by atoms with Crippen LogP contribution in [0, 0.1) is 0 Å². The molecule has 0 aromatic carbocycles. The number of nitrogens with one attached hydrogen (secondary N) is 1. The Morgan fingerprint density at radius 1 is 1.35 bits per heavy atom. The molecule has 0 unspecified atom stereocenters. The summed E-state index contributed by atoms with van der Waals surface area (Å²) in [6.07, 6.45) is 6.13. The summed E-state index contributed by atoms with van der Waals surface area (Å²) in [6, 6.07) is 3.49. The Balaban J connectivity index is 0.000000350. The molecule has 8 heteroatoms. The Labute approximate surface area is 138 Å². The zero-order valence-electron chi connectivity index (χ0n) is 12.2. The molecular formula is C12H13N6NaO. The normalized spacial score (nSPS) is 9.25. The molecule has 3 N–H and O–H groups in total. The molecule has 0 aliphatic rings. The molecule has 20 heavy (non-hydrogen) atoms. The average molecular weight is 280 g/mol. The molecular weight excluding hydrogens is 267 g/mol. The minimum Gasteiger partial charge on any atom is -1.00 e. The van der Waals surface area contributed by atoms with Gasteiger partial charge in [-0.2, -0.15) is 0 Å². The predicted molar refractivity (Wildman–Crippen MR) is 71.4 cm³/mol. The monoisotopic (exact) mass is 280 g/mol. The number of hydrogen-bond donors (Lipinski definition) is 2. The van der Waals surface area contributed by atoms with Crippen molar-refractivity contribution in [2.45, 2.75) is 6.92 Å². The number of H-pyrrole nitrogens is 1. The van der Waals surface area contributed by atoms with Gasteiger partial charge in [0.05, 0.1) is 6.33 Å². The van der Waals surface area contributed by atoms with Crippen LogP contribution in [-0.2, 0) is 0 Å². The first-order valence-electron chi connectivity index (χ1n) is 5.49. The second-order valence-electron chi connectivity index (χ2n) is 3.66. The van der Waals surface area contributed by atoms with Crippen molar-refractivity contribution in [3.8, 4) is 0 Å². The van der Waals surface area contributed by atoms with Crippen LogP contribution in [0.1, 0.15) is 18.7 Å². The second kappa shape index (κ2) is 7.68. The van der Waals surface area contributed by atoms with Gasteiger partial charge in [-0.3, -0.25) is 9.78 Å². The Bertz CT molecular complexity index is 690. The Morgan fingerprint density at radius 3 is 2.70 bits per heavy atom. The van der Waals surface area contributed by atoms with Crippen molar-refractivity contribution >= 4 is 22.8 Å². The summed E-state index contributed by atoms with van der Waals surface area (Å²) in [5.41, 5.74) is 7.44. The molecule has 0 atom stereocenters. The first-order valence-corrected chi connectivity index (χ1v) is 5.49. The zero-order valence-corrected chi connectivity index (χ0v) is 13.2. The van der Waals surface area contributed by atoms with Gasteiger partial charge in [0, 0.05) is 18.0 Å². The summed E-state index contributed by atoms with van der Waals surface area (Å²) in [5.74, 6) is 0.491. The minimum atomic E-state index is 0. The van der Waals surface area contributed by atoms with E-state index in [1.807, 2.05) is 0 Å². The van der Waals surface area contributed by atoms with Gasteiger partial charge in [0.2, 0.25) is 0 Å². The predicted octanol–water partition coefficient (Wildman–Crippen LogP) is -1.66. The number of fused-ring (bicyclic) bond motifs is 1. The molecule has 0 aliphatic heterocycles. The van der Waals surface area contributed by atoms with Crippen LogP contribution in [0.4, 0.5) is 5.82 Å². The number of aromatic nitrogens is 5. The minimum absolute atomic E-state index is 0. The molecule has 7 nitrogen and oxygen atoms in total. The van der Waals surface area contributed by atoms with Gasteiger partial charge in [-0.15, -0.1) is 0 Å². The first kappa shape index (κ1) is 16.2. The second-order valence-corrected chi connectivity index (χ2v) is 3.66. The number of nitrogens with two attached hydrogens (primary N) is 1. The molecule has 0 saturated heterocycles. The maximum atomic E-state index is 10.6. The van der Waals surface area contributed by atoms with Gasteiger partial charge >= 0.3 is 29.6 Å². The number of rotatable bonds is 1. The van der Waals surface area contributed by atoms with Crippen molar-refractivity contribution in [1.29, 1.82) is 0 Å². The standard InChI is InChI=1S/C7H7NO.C5H5N5.Na.H/c1-6(9)7-3-2-4-8-5-7;6-4-3-5(9-1-7-3)10-2-8-4;;/h2-5H,1H3;1-2H,(H3,6,7,8,9,10);;/q;;+1;-1. The topological polar surface area (TPSA) is 110 Å². The largest absolute Gasteiger partial charge is 1.00 e. The van der Waals surface area contributed by atoms with E-state index in [0.717, 1.165) is 0 Å². The number of imidazole rings is 1. The fourth-order valence-corrected chi connectivity index (χ4v) is 1.35. The molecule has 98 valence electrons. The maximum Gasteiger partial charge on any atom is 1.00 e. The van der Waals surface area contributed by atoms with Crippen molar-refractivity contribution < 1.29 is 35.8 Å². The summed E-state index contributed by atoms with van der Waals surface area (Å²) >= 11 is 0. The fourth-order valence-electron chi connectivity index (χ4n) is 1.35. The van der Waals surface area contributed by atoms with Gasteiger partial charge in [-0.25, -0.2) is 15.0 Å². The van der Waals surface area contributed by atoms with E-state index in [4.69, 9.17) is 5.73 Å². The number of nitrogen functional groups attached to an aromatic ring is 1. The van der Waals surface area contributed by atoms with Crippen LogP contribution in [0.25, 0.3) is 11.2 Å². The number of anilines is 1. The first-order chi connectivity index (χ1) is 9.18. The summed E-state index contributed by atoms with van der Waals surface area (Å²) in [6.45, 7) is 1.52. The smallest absolute Gasteiger partial charge is 1.00 e. The molecule has 0 saturated carbocycles. The third kappa shape index (κ3) is 4.09. The van der Waals surface area contributed by atoms with Crippen LogP contribution in [0.15, 0.2) is 37.2 Å². The molecule has 3 aromatic rings. The van der Waals surface area contributed by atoms with Gasteiger partial charge < -0.3 is 12.1 Å². The number of carbonyl (C=O) groups is 1. The summed E-state index contributed by atoms with van der Waals surface area (Å²) in [5, 5.41) is 0. The molecule has 3 aromatic heterocycles. The van der Waals surface area contributed by atoms with Crippen molar-refractivity contribution in [3.05, 3.63) is 42.7 Å². The number of pyridine rings is 1. The van der Waals surface area contributed by atoms with E-state index in [2.05, 4.69) is 24.9 Å². The van der Waals surface area contributed by atoms with Crippen molar-refractivity contribution in [2.75, 3.05) is 5.73 Å². The summed E-state index contributed by atoms with van der Waals surface area (Å²) in [7, 11) is 0. The van der Waals surface area contributed by atoms with E-state index < -0.39 is 0 Å². The molecule has 0 spiro atoms. The molecule has 0 bridgehead atoms. The molecule has 0 fully saturated rings. The number of nitrogens with zero attached hydrogens (tertiary/aromatic N) is 4. The molecule has 3 heterocycles. The summed E-state index contributed by atoms with van der Waals surface area (Å²) < 4.78 is 0. The van der Waals surface area contributed by atoms with Crippen LogP contribution in [0.3, 0.4) is 0 Å². The van der Waals surface area contributed by atoms with Crippen molar-refractivity contribution in [2.24, 2.45) is 0 Å². The zero-order chi connectivity index (χ0) is 13.7. The van der Waals surface area contributed by atoms with E-state index in [-0.39, 0.29) is 36.8 Å². The number of Topliss-reactive ketones (excluding diaryl/α,β-unsaturated/α-hetero) is 1. The summed E-state index contributed by atoms with van der Waals surface area (Å²) in [4.78, 5) is 28.8. The van der Waals surface area contributed by atoms with Crippen LogP contribution in [-0.4, -0.2) is 30.7 Å². The number of carbonyl (C=O) groups excluding carboxylic acids is 1. The van der Waals surface area contributed by atoms with E-state index >= 15 is 0 Å². The van der Waals surface area contributed by atoms with Gasteiger partial charge in [-0.1, -0.05) is 0 Å². The Hall–Kier alpha value is -1.83. The number of hydrogen-bond acceptors (Lipinski definition) is 6. The van der Waals surface area contributed by atoms with Gasteiger partial charge in [0.1, 0.15) is 11.8 Å². The average Bonchev–Trinajstić information content (AvgIpc) is 2.90. The van der Waals surface area contributed by atoms with Crippen molar-refractivity contribution in [1.82, 2.24) is 24.9 Å². The molecule has 0 radical (unpaired) electrons. The van der Waals surface area contributed by atoms with Crippen LogP contribution >= 0.6 is 0 Å². The number of ketones is 1. The fraction of sp³-hybridized carbons (Fsp3) is 0.0833. The van der Waals surface area contributed by atoms with E-state index in [1.165, 1.54) is 19.6 Å². The van der Waals surface area contributed by atoms with Gasteiger partial charge in [-0.05, 0) is 19.1 Å². The van der Waals surface area contributed by atoms with Gasteiger partial charge in [0.15, 0.2) is 17.2 Å².